The van der Waals surface area contributed by atoms with Crippen LogP contribution in [-0.4, -0.2) is 192 Å². The molecule has 25 atom stereocenters. The number of hydrogen-bond donors (Lipinski definition) is 12. The second-order valence-electron chi connectivity index (χ2n) is 23.5. The van der Waals surface area contributed by atoms with Crippen molar-refractivity contribution >= 4 is 0 Å². The highest BCUT2D eigenvalue weighted by Gasteiger charge is 2.71. The summed E-state index contributed by atoms with van der Waals surface area (Å²) in [5.41, 5.74) is -0.739. The van der Waals surface area contributed by atoms with Crippen molar-refractivity contribution in [3.63, 3.8) is 0 Å². The molecule has 12 N–H and O–H groups in total. The van der Waals surface area contributed by atoms with E-state index in [1.165, 1.54) is 12.5 Å². The molecule has 3 heterocycles. The monoisotopic (exact) mass is 945 g/mol. The lowest BCUT2D eigenvalue weighted by Crippen LogP contribution is -2.68. The third-order valence-corrected chi connectivity index (χ3v) is 19.6. The molecule has 0 bridgehead atoms. The van der Waals surface area contributed by atoms with Crippen LogP contribution in [0.1, 0.15) is 106 Å². The smallest absolute Gasteiger partial charge is 0.187 e. The lowest BCUT2D eigenvalue weighted by Gasteiger charge is -2.72. The Labute approximate surface area is 387 Å². The first-order valence-electron chi connectivity index (χ1n) is 24.4. The van der Waals surface area contributed by atoms with Gasteiger partial charge in [-0.1, -0.05) is 53.2 Å². The van der Waals surface area contributed by atoms with Gasteiger partial charge in [0, 0.05) is 10.8 Å². The van der Waals surface area contributed by atoms with Gasteiger partial charge in [0.2, 0.25) is 0 Å². The third kappa shape index (κ3) is 7.91. The molecule has 0 radical (unpaired) electrons. The zero-order chi connectivity index (χ0) is 48.3. The Kier molecular flexibility index (Phi) is 14.2. The first-order valence-corrected chi connectivity index (χ1v) is 24.4. The quantitative estimate of drug-likeness (QED) is 0.0979. The maximum absolute atomic E-state index is 12.1. The maximum atomic E-state index is 12.1. The van der Waals surface area contributed by atoms with Crippen LogP contribution in [0.4, 0.5) is 0 Å². The van der Waals surface area contributed by atoms with Crippen LogP contribution in [0, 0.1) is 50.2 Å². The van der Waals surface area contributed by atoms with Crippen LogP contribution in [0.5, 0.6) is 0 Å². The van der Waals surface area contributed by atoms with Gasteiger partial charge in [-0.25, -0.2) is 0 Å². The molecule has 8 aliphatic rings. The summed E-state index contributed by atoms with van der Waals surface area (Å²) >= 11 is 0. The molecule has 3 aliphatic heterocycles. The summed E-state index contributed by atoms with van der Waals surface area (Å²) in [5.74, 6) is 0.214. The van der Waals surface area contributed by atoms with Crippen molar-refractivity contribution in [1.82, 2.24) is 0 Å². The van der Waals surface area contributed by atoms with Crippen molar-refractivity contribution in [2.24, 2.45) is 50.2 Å². The van der Waals surface area contributed by atoms with E-state index in [9.17, 15) is 61.3 Å². The van der Waals surface area contributed by atoms with Crippen LogP contribution in [0.2, 0.25) is 0 Å². The molecular weight excluding hydrogens is 865 g/mol. The van der Waals surface area contributed by atoms with Crippen molar-refractivity contribution < 1.29 is 89.7 Å². The highest BCUT2D eigenvalue weighted by atomic mass is 16.8. The maximum Gasteiger partial charge on any atom is 0.187 e. The lowest BCUT2D eigenvalue weighted by atomic mass is 9.33. The van der Waals surface area contributed by atoms with E-state index >= 15 is 0 Å². The molecule has 0 aromatic carbocycles. The summed E-state index contributed by atoms with van der Waals surface area (Å²) in [4.78, 5) is 0. The Bertz CT molecular complexity index is 1750. The minimum Gasteiger partial charge on any atom is -0.396 e. The van der Waals surface area contributed by atoms with E-state index in [1.54, 1.807) is 0 Å². The third-order valence-electron chi connectivity index (χ3n) is 19.6. The van der Waals surface area contributed by atoms with E-state index in [2.05, 4.69) is 40.7 Å². The van der Waals surface area contributed by atoms with Gasteiger partial charge in [-0.2, -0.15) is 0 Å². The predicted molar refractivity (Wildman–Crippen MR) is 231 cm³/mol. The topological polar surface area (TPSA) is 298 Å². The zero-order valence-electron chi connectivity index (χ0n) is 39.6. The number of aliphatic hydroxyl groups is 12. The first-order chi connectivity index (χ1) is 30.9. The second kappa shape index (κ2) is 18.3. The molecule has 8 rings (SSSR count). The standard InChI is InChI=1S/C48H80O18/c1-22-31(53)33(55)37(59)41(62-22)66-39-26(19-61-40-36(58)34(56)32(54)25(18-49)63-40)64-42(38(60)35(39)57)65-30-11-12-44(4)27(45(30,5)20-50)10-13-46(6)28(44)9-8-23-24-16-43(2,3)14-15-48(24,21-51)29(52)17-47(23,46)7/h8,22,24-42,49-60H,9-21H2,1-7H3. The van der Waals surface area contributed by atoms with Gasteiger partial charge in [-0.15, -0.1) is 0 Å². The summed E-state index contributed by atoms with van der Waals surface area (Å²) < 4.78 is 36.1. The molecule has 380 valence electrons. The van der Waals surface area contributed by atoms with E-state index in [0.717, 1.165) is 38.5 Å². The van der Waals surface area contributed by atoms with Crippen LogP contribution in [-0.2, 0) is 28.4 Å². The molecule has 0 aromatic rings. The predicted octanol–water partition coefficient (Wildman–Crippen LogP) is -0.415. The molecule has 3 saturated heterocycles. The highest BCUT2D eigenvalue weighted by molar-refractivity contribution is 5.35. The van der Waals surface area contributed by atoms with Gasteiger partial charge in [0.15, 0.2) is 18.9 Å². The average molecular weight is 945 g/mol. The number of ether oxygens (including phenoxy) is 6. The van der Waals surface area contributed by atoms with Crippen molar-refractivity contribution in [2.75, 3.05) is 26.4 Å². The summed E-state index contributed by atoms with van der Waals surface area (Å²) in [7, 11) is 0. The Morgan fingerprint density at radius 2 is 1.26 bits per heavy atom. The Morgan fingerprint density at radius 1 is 0.621 bits per heavy atom. The van der Waals surface area contributed by atoms with E-state index < -0.39 is 128 Å². The van der Waals surface area contributed by atoms with Gasteiger partial charge in [0.05, 0.1) is 44.7 Å². The summed E-state index contributed by atoms with van der Waals surface area (Å²) in [5, 5.41) is 131. The number of rotatable bonds is 10. The molecule has 0 amide bonds. The Hall–Kier alpha value is -0.980. The van der Waals surface area contributed by atoms with Gasteiger partial charge in [0.25, 0.3) is 0 Å². The molecule has 5 aliphatic carbocycles. The van der Waals surface area contributed by atoms with Crippen LogP contribution >= 0.6 is 0 Å². The molecule has 0 spiro atoms. The van der Waals surface area contributed by atoms with Gasteiger partial charge in [-0.05, 0) is 104 Å². The first kappa shape index (κ1) is 51.4. The van der Waals surface area contributed by atoms with E-state index in [-0.39, 0.29) is 52.6 Å². The normalized spacial score (nSPS) is 56.0. The molecule has 4 saturated carbocycles. The minimum absolute atomic E-state index is 0.0406. The van der Waals surface area contributed by atoms with Gasteiger partial charge < -0.3 is 89.7 Å². The average Bonchev–Trinajstić information content (AvgIpc) is 3.27. The molecule has 7 fully saturated rings. The molecule has 0 aromatic heterocycles. The molecular formula is C48H80O18. The zero-order valence-corrected chi connectivity index (χ0v) is 39.6. The van der Waals surface area contributed by atoms with E-state index in [0.29, 0.717) is 19.3 Å². The summed E-state index contributed by atoms with van der Waals surface area (Å²) in [6.45, 7) is 13.5. The van der Waals surface area contributed by atoms with Crippen LogP contribution in [0.15, 0.2) is 11.6 Å². The van der Waals surface area contributed by atoms with Gasteiger partial charge >= 0.3 is 0 Å². The van der Waals surface area contributed by atoms with Crippen molar-refractivity contribution in [1.29, 1.82) is 0 Å². The van der Waals surface area contributed by atoms with Crippen LogP contribution in [0.3, 0.4) is 0 Å². The Balaban J connectivity index is 1.04. The SMILES string of the molecule is CC1OC(OC2C(COC3OC(CO)C(O)C(O)C3O)OC(OC3CCC4(C)C(CCC5(C)C4CC=C4C6CC(C)(C)CCC6(CO)C(O)CC45C)C3(C)CO)C(O)C2O)C(O)C(O)C1O. The fourth-order valence-corrected chi connectivity index (χ4v) is 15.1. The van der Waals surface area contributed by atoms with Crippen molar-refractivity contribution in [2.45, 2.75) is 211 Å². The van der Waals surface area contributed by atoms with Gasteiger partial charge in [-0.3, -0.25) is 0 Å². The van der Waals surface area contributed by atoms with E-state index in [1.807, 2.05) is 6.92 Å². The minimum atomic E-state index is -1.80. The molecule has 25 unspecified atom stereocenters. The molecule has 18 heteroatoms. The van der Waals surface area contributed by atoms with Gasteiger partial charge in [0.1, 0.15) is 67.1 Å². The number of hydrogen-bond acceptors (Lipinski definition) is 18. The fourth-order valence-electron chi connectivity index (χ4n) is 15.1. The second-order valence-corrected chi connectivity index (χ2v) is 23.5. The van der Waals surface area contributed by atoms with Crippen molar-refractivity contribution in [3.8, 4) is 0 Å². The van der Waals surface area contributed by atoms with E-state index in [4.69, 9.17) is 28.4 Å². The molecule has 66 heavy (non-hydrogen) atoms. The molecule has 18 nitrogen and oxygen atoms in total. The van der Waals surface area contributed by atoms with Crippen LogP contribution < -0.4 is 0 Å². The number of aliphatic hydroxyl groups excluding tert-OH is 12. The highest BCUT2D eigenvalue weighted by Crippen LogP contribution is 2.76. The largest absolute Gasteiger partial charge is 0.396 e. The number of allylic oxidation sites excluding steroid dienone is 2. The Morgan fingerprint density at radius 3 is 1.92 bits per heavy atom. The van der Waals surface area contributed by atoms with Crippen LogP contribution in [0.25, 0.3) is 0 Å². The lowest BCUT2D eigenvalue weighted by molar-refractivity contribution is -0.374. The van der Waals surface area contributed by atoms with Crippen molar-refractivity contribution in [3.05, 3.63) is 11.6 Å². The number of fused-ring (bicyclic) bond motifs is 7. The summed E-state index contributed by atoms with van der Waals surface area (Å²) in [6.07, 6.45) is -15.7. The summed E-state index contributed by atoms with van der Waals surface area (Å²) in [6, 6.07) is 0. The fraction of sp³-hybridized carbons (Fsp3) is 0.958.